The van der Waals surface area contributed by atoms with Gasteiger partial charge in [-0.3, -0.25) is 9.89 Å². The molecule has 0 aliphatic heterocycles. The van der Waals surface area contributed by atoms with E-state index in [0.29, 0.717) is 17.5 Å². The van der Waals surface area contributed by atoms with Crippen LogP contribution >= 0.6 is 11.8 Å². The highest BCUT2D eigenvalue weighted by molar-refractivity contribution is 7.99. The lowest BCUT2D eigenvalue weighted by Gasteiger charge is -2.09. The van der Waals surface area contributed by atoms with Gasteiger partial charge in [0.1, 0.15) is 12.1 Å². The largest absolute Gasteiger partial charge is 0.496 e. The number of rotatable bonds is 6. The van der Waals surface area contributed by atoms with E-state index in [0.717, 1.165) is 11.3 Å². The number of para-hydroxylation sites is 1. The van der Waals surface area contributed by atoms with E-state index in [-0.39, 0.29) is 5.91 Å². The van der Waals surface area contributed by atoms with Gasteiger partial charge in [0.05, 0.1) is 12.9 Å². The molecule has 2 N–H and O–H groups in total. The first-order valence-electron chi connectivity index (χ1n) is 5.66. The number of carbonyl (C=O) groups is 1. The lowest BCUT2D eigenvalue weighted by molar-refractivity contribution is -0.118. The first-order valence-corrected chi connectivity index (χ1v) is 6.65. The van der Waals surface area contributed by atoms with Crippen LogP contribution in [0.15, 0.2) is 35.7 Å². The van der Waals surface area contributed by atoms with E-state index in [9.17, 15) is 4.79 Å². The van der Waals surface area contributed by atoms with Gasteiger partial charge in [0.15, 0.2) is 5.16 Å². The third-order valence-corrected chi connectivity index (χ3v) is 3.28. The first kappa shape index (κ1) is 13.4. The quantitative estimate of drug-likeness (QED) is 0.777. The van der Waals surface area contributed by atoms with E-state index in [2.05, 4.69) is 20.5 Å². The summed E-state index contributed by atoms with van der Waals surface area (Å²) in [6.07, 6.45) is 1.41. The number of amides is 1. The molecule has 0 spiro atoms. The number of nitrogens with one attached hydrogen (secondary N) is 2. The number of carbonyl (C=O) groups excluding carboxylic acids is 1. The molecule has 0 unspecified atom stereocenters. The Labute approximate surface area is 115 Å². The fourth-order valence-electron chi connectivity index (χ4n) is 1.49. The fraction of sp³-hybridized carbons (Fsp3) is 0.250. The van der Waals surface area contributed by atoms with Crippen molar-refractivity contribution in [1.82, 2.24) is 20.5 Å². The molecular formula is C12H14N4O2S. The Morgan fingerprint density at radius 2 is 2.32 bits per heavy atom. The second-order valence-corrected chi connectivity index (χ2v) is 4.63. The summed E-state index contributed by atoms with van der Waals surface area (Å²) in [4.78, 5) is 15.6. The molecule has 100 valence electrons. The van der Waals surface area contributed by atoms with Crippen molar-refractivity contribution in [1.29, 1.82) is 0 Å². The molecule has 0 saturated carbocycles. The molecule has 19 heavy (non-hydrogen) atoms. The van der Waals surface area contributed by atoms with Gasteiger partial charge >= 0.3 is 0 Å². The topological polar surface area (TPSA) is 79.9 Å². The molecule has 1 aromatic carbocycles. The van der Waals surface area contributed by atoms with Gasteiger partial charge < -0.3 is 10.1 Å². The molecule has 0 bridgehead atoms. The van der Waals surface area contributed by atoms with Crippen molar-refractivity contribution >= 4 is 17.7 Å². The number of H-pyrrole nitrogens is 1. The van der Waals surface area contributed by atoms with Gasteiger partial charge in [0.2, 0.25) is 5.91 Å². The minimum atomic E-state index is -0.0627. The molecule has 0 aliphatic rings. The number of nitrogens with zero attached hydrogens (tertiary/aromatic N) is 2. The summed E-state index contributed by atoms with van der Waals surface area (Å²) in [5, 5.41) is 9.86. The number of hydrogen-bond donors (Lipinski definition) is 2. The Morgan fingerprint density at radius 3 is 3.05 bits per heavy atom. The van der Waals surface area contributed by atoms with E-state index in [4.69, 9.17) is 4.74 Å². The Hall–Kier alpha value is -2.02. The van der Waals surface area contributed by atoms with Crippen LogP contribution in [0.2, 0.25) is 0 Å². The maximum Gasteiger partial charge on any atom is 0.230 e. The predicted molar refractivity (Wildman–Crippen MR) is 71.9 cm³/mol. The van der Waals surface area contributed by atoms with Crippen molar-refractivity contribution in [3.8, 4) is 5.75 Å². The Morgan fingerprint density at radius 1 is 1.47 bits per heavy atom. The van der Waals surface area contributed by atoms with Gasteiger partial charge in [-0.25, -0.2) is 4.98 Å². The molecule has 0 atom stereocenters. The molecule has 0 aliphatic carbocycles. The molecule has 7 heteroatoms. The number of thioether (sulfide) groups is 1. The number of hydrogen-bond acceptors (Lipinski definition) is 5. The van der Waals surface area contributed by atoms with Crippen LogP contribution in [0.25, 0.3) is 0 Å². The SMILES string of the molecule is COc1ccccc1CNC(=O)CSc1ncn[nH]1. The summed E-state index contributed by atoms with van der Waals surface area (Å²) in [5.41, 5.74) is 0.947. The minimum Gasteiger partial charge on any atom is -0.496 e. The molecule has 0 fully saturated rings. The van der Waals surface area contributed by atoms with E-state index < -0.39 is 0 Å². The second kappa shape index (κ2) is 6.79. The number of aromatic amines is 1. The van der Waals surface area contributed by atoms with Crippen molar-refractivity contribution in [2.75, 3.05) is 12.9 Å². The third-order valence-electron chi connectivity index (χ3n) is 2.40. The molecule has 1 aromatic heterocycles. The van der Waals surface area contributed by atoms with Crippen LogP contribution in [0.1, 0.15) is 5.56 Å². The zero-order valence-corrected chi connectivity index (χ0v) is 11.2. The number of ether oxygens (including phenoxy) is 1. The Kier molecular flexibility index (Phi) is 4.79. The van der Waals surface area contributed by atoms with Crippen LogP contribution in [0, 0.1) is 0 Å². The smallest absolute Gasteiger partial charge is 0.230 e. The summed E-state index contributed by atoms with van der Waals surface area (Å²) in [7, 11) is 1.61. The molecular weight excluding hydrogens is 264 g/mol. The summed E-state index contributed by atoms with van der Waals surface area (Å²) in [6.45, 7) is 0.444. The van der Waals surface area contributed by atoms with Gasteiger partial charge in [0.25, 0.3) is 0 Å². The van der Waals surface area contributed by atoms with E-state index in [1.54, 1.807) is 7.11 Å². The van der Waals surface area contributed by atoms with Crippen LogP contribution in [0.4, 0.5) is 0 Å². The number of methoxy groups -OCH3 is 1. The van der Waals surface area contributed by atoms with Crippen LogP contribution in [-0.4, -0.2) is 34.0 Å². The van der Waals surface area contributed by atoms with Crippen LogP contribution in [0.5, 0.6) is 5.75 Å². The molecule has 1 amide bonds. The molecule has 0 saturated heterocycles. The molecule has 2 aromatic rings. The van der Waals surface area contributed by atoms with Crippen molar-refractivity contribution in [2.24, 2.45) is 0 Å². The number of benzene rings is 1. The molecule has 2 rings (SSSR count). The highest BCUT2D eigenvalue weighted by Crippen LogP contribution is 2.17. The van der Waals surface area contributed by atoms with Gasteiger partial charge in [-0.05, 0) is 6.07 Å². The maximum atomic E-state index is 11.7. The highest BCUT2D eigenvalue weighted by atomic mass is 32.2. The van der Waals surface area contributed by atoms with Crippen molar-refractivity contribution in [3.05, 3.63) is 36.2 Å². The van der Waals surface area contributed by atoms with E-state index in [1.165, 1.54) is 18.1 Å². The zero-order valence-electron chi connectivity index (χ0n) is 10.4. The normalized spacial score (nSPS) is 10.2. The van der Waals surface area contributed by atoms with Crippen LogP contribution < -0.4 is 10.1 Å². The summed E-state index contributed by atoms with van der Waals surface area (Å²) in [6, 6.07) is 7.59. The van der Waals surface area contributed by atoms with Crippen LogP contribution in [0.3, 0.4) is 0 Å². The monoisotopic (exact) mass is 278 g/mol. The van der Waals surface area contributed by atoms with Gasteiger partial charge in [-0.1, -0.05) is 30.0 Å². The fourth-order valence-corrected chi connectivity index (χ4v) is 2.10. The van der Waals surface area contributed by atoms with Gasteiger partial charge in [-0.15, -0.1) is 0 Å². The average molecular weight is 278 g/mol. The summed E-state index contributed by atoms with van der Waals surface area (Å²) >= 11 is 1.31. The lowest BCUT2D eigenvalue weighted by Crippen LogP contribution is -2.24. The van der Waals surface area contributed by atoms with Crippen molar-refractivity contribution < 1.29 is 9.53 Å². The summed E-state index contributed by atoms with van der Waals surface area (Å²) in [5.74, 6) is 1.00. The molecule has 6 nitrogen and oxygen atoms in total. The maximum absolute atomic E-state index is 11.7. The molecule has 0 radical (unpaired) electrons. The highest BCUT2D eigenvalue weighted by Gasteiger charge is 2.06. The van der Waals surface area contributed by atoms with Crippen LogP contribution in [-0.2, 0) is 11.3 Å². The first-order chi connectivity index (χ1) is 9.29. The molecule has 1 heterocycles. The Balaban J connectivity index is 1.80. The predicted octanol–water partition coefficient (Wildman–Crippen LogP) is 1.22. The van der Waals surface area contributed by atoms with E-state index >= 15 is 0 Å². The Bertz CT molecular complexity index is 530. The second-order valence-electron chi connectivity index (χ2n) is 3.67. The van der Waals surface area contributed by atoms with Crippen molar-refractivity contribution in [2.45, 2.75) is 11.7 Å². The minimum absolute atomic E-state index is 0.0627. The summed E-state index contributed by atoms with van der Waals surface area (Å²) < 4.78 is 5.22. The lowest BCUT2D eigenvalue weighted by atomic mass is 10.2. The van der Waals surface area contributed by atoms with E-state index in [1.807, 2.05) is 24.3 Å². The number of aromatic nitrogens is 3. The van der Waals surface area contributed by atoms with Crippen molar-refractivity contribution in [3.63, 3.8) is 0 Å². The third kappa shape index (κ3) is 3.99. The van der Waals surface area contributed by atoms with Gasteiger partial charge in [-0.2, -0.15) is 5.10 Å². The average Bonchev–Trinajstić information content (AvgIpc) is 2.96. The standard InChI is InChI=1S/C12H14N4O2S/c1-18-10-5-3-2-4-9(10)6-13-11(17)7-19-12-14-8-15-16-12/h2-5,8H,6-7H2,1H3,(H,13,17)(H,14,15,16). The van der Waals surface area contributed by atoms with Gasteiger partial charge in [0, 0.05) is 12.1 Å². The zero-order chi connectivity index (χ0) is 13.5.